The second-order valence-electron chi connectivity index (χ2n) is 8.14. The van der Waals surface area contributed by atoms with Crippen molar-refractivity contribution in [2.45, 2.75) is 63.8 Å². The standard InChI is InChI=1S/C23H26Cl2N2O3S/c24-14-10-11-18(17(25)12-14)30-13-20(28)27-23-21(16-8-4-5-9-19(16)31-23)22(29)26-15-6-2-1-3-7-15/h10-12,15H,1-9,13H2,(H,26,29)(H,27,28). The summed E-state index contributed by atoms with van der Waals surface area (Å²) in [6.45, 7) is -0.201. The summed E-state index contributed by atoms with van der Waals surface area (Å²) in [5, 5.41) is 7.59. The van der Waals surface area contributed by atoms with E-state index in [2.05, 4.69) is 10.6 Å². The molecule has 1 fully saturated rings. The van der Waals surface area contributed by atoms with Crippen LogP contribution in [-0.4, -0.2) is 24.5 Å². The molecular weight excluding hydrogens is 455 g/mol. The molecule has 4 rings (SSSR count). The Morgan fingerprint density at radius 2 is 1.84 bits per heavy atom. The second kappa shape index (κ2) is 10.2. The molecule has 2 amide bonds. The normalized spacial score (nSPS) is 16.5. The number of nitrogens with one attached hydrogen (secondary N) is 2. The van der Waals surface area contributed by atoms with Gasteiger partial charge in [-0.05, 0) is 62.3 Å². The van der Waals surface area contributed by atoms with Crippen LogP contribution in [-0.2, 0) is 17.6 Å². The molecule has 0 aliphatic heterocycles. The molecule has 0 spiro atoms. The third-order valence-corrected chi connectivity index (χ3v) is 7.58. The van der Waals surface area contributed by atoms with E-state index in [0.29, 0.717) is 26.4 Å². The van der Waals surface area contributed by atoms with E-state index in [4.69, 9.17) is 27.9 Å². The average molecular weight is 481 g/mol. The Balaban J connectivity index is 1.47. The molecule has 0 bridgehead atoms. The molecule has 31 heavy (non-hydrogen) atoms. The number of amides is 2. The topological polar surface area (TPSA) is 67.4 Å². The molecule has 1 aromatic heterocycles. The summed E-state index contributed by atoms with van der Waals surface area (Å²) in [5.41, 5.74) is 1.74. The third-order valence-electron chi connectivity index (χ3n) is 5.84. The van der Waals surface area contributed by atoms with Gasteiger partial charge in [0.05, 0.1) is 10.6 Å². The number of anilines is 1. The number of fused-ring (bicyclic) bond motifs is 1. The first kappa shape index (κ1) is 22.4. The van der Waals surface area contributed by atoms with Gasteiger partial charge in [0, 0.05) is 15.9 Å². The van der Waals surface area contributed by atoms with Gasteiger partial charge in [-0.25, -0.2) is 0 Å². The van der Waals surface area contributed by atoms with Crippen molar-refractivity contribution in [2.24, 2.45) is 0 Å². The Morgan fingerprint density at radius 3 is 2.61 bits per heavy atom. The molecule has 0 atom stereocenters. The highest BCUT2D eigenvalue weighted by molar-refractivity contribution is 7.17. The van der Waals surface area contributed by atoms with Gasteiger partial charge in [-0.2, -0.15) is 0 Å². The molecule has 8 heteroatoms. The number of benzene rings is 1. The van der Waals surface area contributed by atoms with E-state index in [-0.39, 0.29) is 24.5 Å². The number of hydrogen-bond acceptors (Lipinski definition) is 4. The fourth-order valence-corrected chi connectivity index (χ4v) is 6.06. The molecule has 1 heterocycles. The Morgan fingerprint density at radius 1 is 1.06 bits per heavy atom. The van der Waals surface area contributed by atoms with Crippen LogP contribution in [0.5, 0.6) is 5.75 Å². The quantitative estimate of drug-likeness (QED) is 0.531. The maximum Gasteiger partial charge on any atom is 0.262 e. The zero-order valence-electron chi connectivity index (χ0n) is 17.3. The summed E-state index contributed by atoms with van der Waals surface area (Å²) in [6, 6.07) is 5.07. The summed E-state index contributed by atoms with van der Waals surface area (Å²) >= 11 is 13.5. The van der Waals surface area contributed by atoms with E-state index in [1.54, 1.807) is 18.2 Å². The van der Waals surface area contributed by atoms with Gasteiger partial charge in [0.1, 0.15) is 10.8 Å². The molecule has 2 aromatic rings. The summed E-state index contributed by atoms with van der Waals surface area (Å²) < 4.78 is 5.55. The van der Waals surface area contributed by atoms with Gasteiger partial charge in [-0.1, -0.05) is 42.5 Å². The van der Waals surface area contributed by atoms with Gasteiger partial charge < -0.3 is 15.4 Å². The highest BCUT2D eigenvalue weighted by atomic mass is 35.5. The van der Waals surface area contributed by atoms with Crippen LogP contribution in [0.4, 0.5) is 5.00 Å². The largest absolute Gasteiger partial charge is 0.482 e. The highest BCUT2D eigenvalue weighted by Crippen LogP contribution is 2.38. The lowest BCUT2D eigenvalue weighted by atomic mass is 9.93. The van der Waals surface area contributed by atoms with Crippen molar-refractivity contribution in [1.29, 1.82) is 0 Å². The van der Waals surface area contributed by atoms with Crippen LogP contribution in [0, 0.1) is 0 Å². The van der Waals surface area contributed by atoms with Crippen molar-refractivity contribution >= 4 is 51.4 Å². The maximum atomic E-state index is 13.2. The zero-order chi connectivity index (χ0) is 21.8. The lowest BCUT2D eigenvalue weighted by Crippen LogP contribution is -2.37. The molecule has 2 N–H and O–H groups in total. The summed E-state index contributed by atoms with van der Waals surface area (Å²) in [5.74, 6) is 0.00143. The van der Waals surface area contributed by atoms with Gasteiger partial charge in [0.25, 0.3) is 11.8 Å². The first-order valence-electron chi connectivity index (χ1n) is 10.8. The summed E-state index contributed by atoms with van der Waals surface area (Å²) in [7, 11) is 0. The molecule has 0 radical (unpaired) electrons. The van der Waals surface area contributed by atoms with Crippen LogP contribution in [0.3, 0.4) is 0 Å². The van der Waals surface area contributed by atoms with Crippen LogP contribution < -0.4 is 15.4 Å². The third kappa shape index (κ3) is 5.54. The molecule has 2 aliphatic rings. The molecule has 5 nitrogen and oxygen atoms in total. The van der Waals surface area contributed by atoms with E-state index >= 15 is 0 Å². The Hall–Kier alpha value is -1.76. The van der Waals surface area contributed by atoms with Crippen molar-refractivity contribution in [2.75, 3.05) is 11.9 Å². The van der Waals surface area contributed by atoms with E-state index in [9.17, 15) is 9.59 Å². The predicted molar refractivity (Wildman–Crippen MR) is 126 cm³/mol. The SMILES string of the molecule is O=C(COc1ccc(Cl)cc1Cl)Nc1sc2c(c1C(=O)NC1CCCCC1)CCCC2. The van der Waals surface area contributed by atoms with E-state index in [1.165, 1.54) is 22.6 Å². The predicted octanol–water partition coefficient (Wildman–Crippen LogP) is 6.01. The number of ether oxygens (including phenoxy) is 1. The van der Waals surface area contributed by atoms with Crippen LogP contribution in [0.1, 0.15) is 65.7 Å². The minimum absolute atomic E-state index is 0.0664. The van der Waals surface area contributed by atoms with Crippen LogP contribution in [0.15, 0.2) is 18.2 Å². The molecule has 0 saturated heterocycles. The average Bonchev–Trinajstić information content (AvgIpc) is 3.11. The molecule has 0 unspecified atom stereocenters. The molecule has 1 saturated carbocycles. The Labute approximate surface area is 196 Å². The van der Waals surface area contributed by atoms with Crippen LogP contribution >= 0.6 is 34.5 Å². The fraction of sp³-hybridized carbons (Fsp3) is 0.478. The van der Waals surface area contributed by atoms with E-state index in [0.717, 1.165) is 56.9 Å². The second-order valence-corrected chi connectivity index (χ2v) is 10.1. The van der Waals surface area contributed by atoms with E-state index < -0.39 is 0 Å². The van der Waals surface area contributed by atoms with Crippen LogP contribution in [0.25, 0.3) is 0 Å². The maximum absolute atomic E-state index is 13.2. The first-order valence-corrected chi connectivity index (χ1v) is 12.4. The number of carbonyl (C=O) groups excluding carboxylic acids is 2. The van der Waals surface area contributed by atoms with Gasteiger partial charge in [-0.15, -0.1) is 11.3 Å². The Bertz CT molecular complexity index is 970. The number of halogens is 2. The Kier molecular flexibility index (Phi) is 7.41. The molecule has 1 aromatic carbocycles. The number of hydrogen-bond donors (Lipinski definition) is 2. The molecule has 166 valence electrons. The van der Waals surface area contributed by atoms with E-state index in [1.807, 2.05) is 0 Å². The monoisotopic (exact) mass is 480 g/mol. The number of rotatable bonds is 6. The number of carbonyl (C=O) groups is 2. The lowest BCUT2D eigenvalue weighted by Gasteiger charge is -2.23. The van der Waals surface area contributed by atoms with Crippen molar-refractivity contribution < 1.29 is 14.3 Å². The summed E-state index contributed by atoms with van der Waals surface area (Å²) in [4.78, 5) is 27.0. The zero-order valence-corrected chi connectivity index (χ0v) is 19.6. The van der Waals surface area contributed by atoms with Crippen LogP contribution in [0.2, 0.25) is 10.0 Å². The van der Waals surface area contributed by atoms with Crippen molar-refractivity contribution in [3.63, 3.8) is 0 Å². The fourth-order valence-electron chi connectivity index (χ4n) is 4.30. The lowest BCUT2D eigenvalue weighted by molar-refractivity contribution is -0.118. The van der Waals surface area contributed by atoms with Crippen molar-refractivity contribution in [3.05, 3.63) is 44.2 Å². The van der Waals surface area contributed by atoms with Crippen molar-refractivity contribution in [3.8, 4) is 5.75 Å². The van der Waals surface area contributed by atoms with Gasteiger partial charge >= 0.3 is 0 Å². The minimum atomic E-state index is -0.323. The molecular formula is C23H26Cl2N2O3S. The molecule has 2 aliphatic carbocycles. The highest BCUT2D eigenvalue weighted by Gasteiger charge is 2.28. The minimum Gasteiger partial charge on any atom is -0.482 e. The van der Waals surface area contributed by atoms with Gasteiger partial charge in [0.2, 0.25) is 0 Å². The van der Waals surface area contributed by atoms with Crippen molar-refractivity contribution in [1.82, 2.24) is 5.32 Å². The summed E-state index contributed by atoms with van der Waals surface area (Å²) in [6.07, 6.45) is 9.61. The number of aryl methyl sites for hydroxylation is 1. The smallest absolute Gasteiger partial charge is 0.262 e. The van der Waals surface area contributed by atoms with Gasteiger partial charge in [-0.3, -0.25) is 9.59 Å². The number of thiophene rings is 1. The van der Waals surface area contributed by atoms with Gasteiger partial charge in [0.15, 0.2) is 6.61 Å². The first-order chi connectivity index (χ1) is 15.0.